The van der Waals surface area contributed by atoms with E-state index in [2.05, 4.69) is 13.8 Å². The molecule has 0 atom stereocenters. The van der Waals surface area contributed by atoms with Crippen LogP contribution >= 0.6 is 0 Å². The summed E-state index contributed by atoms with van der Waals surface area (Å²) >= 11 is 0. The predicted octanol–water partition coefficient (Wildman–Crippen LogP) is 4.56. The molecule has 0 spiro atoms. The lowest BCUT2D eigenvalue weighted by Gasteiger charge is -2.28. The second-order valence-corrected chi connectivity index (χ2v) is 5.19. The van der Waals surface area contributed by atoms with Crippen LogP contribution in [-0.4, -0.2) is 0 Å². The maximum atomic E-state index is 13.5. The Bertz CT molecular complexity index is 410. The quantitative estimate of drug-likeness (QED) is 0.653. The summed E-state index contributed by atoms with van der Waals surface area (Å²) < 4.78 is 27.1. The third-order valence-electron chi connectivity index (χ3n) is 3.26. The van der Waals surface area contributed by atoms with E-state index in [1.54, 1.807) is 0 Å². The molecule has 2 rings (SSSR count). The Labute approximate surface area is 95.0 Å². The number of rotatable bonds is 1. The zero-order valence-corrected chi connectivity index (χ0v) is 9.69. The van der Waals surface area contributed by atoms with E-state index in [0.29, 0.717) is 0 Å². The molecule has 2 heteroatoms. The molecule has 0 fully saturated rings. The first-order valence-corrected chi connectivity index (χ1v) is 5.63. The highest BCUT2D eigenvalue weighted by molar-refractivity contribution is 5.67. The highest BCUT2D eigenvalue weighted by Crippen LogP contribution is 2.39. The Balaban J connectivity index is 2.36. The first kappa shape index (κ1) is 11.3. The highest BCUT2D eigenvalue weighted by atomic mass is 19.1. The number of halogens is 2. The van der Waals surface area contributed by atoms with Gasteiger partial charge in [0.2, 0.25) is 0 Å². The number of hydrogen-bond acceptors (Lipinski definition) is 0. The van der Waals surface area contributed by atoms with Crippen molar-refractivity contribution in [3.63, 3.8) is 0 Å². The van der Waals surface area contributed by atoms with Gasteiger partial charge in [-0.15, -0.1) is 0 Å². The molecular formula is C14H16F2. The highest BCUT2D eigenvalue weighted by Gasteiger charge is 2.24. The van der Waals surface area contributed by atoms with Gasteiger partial charge in [0.25, 0.3) is 0 Å². The van der Waals surface area contributed by atoms with Crippen LogP contribution in [0.5, 0.6) is 0 Å². The Morgan fingerprint density at radius 1 is 1.12 bits per heavy atom. The minimum atomic E-state index is -0.453. The van der Waals surface area contributed by atoms with E-state index in [-0.39, 0.29) is 11.0 Å². The summed E-state index contributed by atoms with van der Waals surface area (Å²) in [5.74, 6) is -0.906. The molecule has 0 saturated heterocycles. The van der Waals surface area contributed by atoms with Crippen molar-refractivity contribution in [2.45, 2.75) is 33.1 Å². The summed E-state index contributed by atoms with van der Waals surface area (Å²) in [6.45, 7) is 4.36. The first-order chi connectivity index (χ1) is 7.49. The van der Waals surface area contributed by atoms with Gasteiger partial charge in [0.05, 0.1) is 0 Å². The molecule has 1 aliphatic carbocycles. The largest absolute Gasteiger partial charge is 0.206 e. The van der Waals surface area contributed by atoms with Crippen molar-refractivity contribution < 1.29 is 8.78 Å². The Kier molecular flexibility index (Phi) is 2.83. The molecule has 0 bridgehead atoms. The van der Waals surface area contributed by atoms with Gasteiger partial charge in [-0.1, -0.05) is 26.0 Å². The minimum Gasteiger partial charge on any atom is -0.206 e. The SMILES string of the molecule is CC1(C)CC=C(c2c(F)cccc2F)CC1. The van der Waals surface area contributed by atoms with Gasteiger partial charge < -0.3 is 0 Å². The number of hydrogen-bond donors (Lipinski definition) is 0. The Hall–Kier alpha value is -1.18. The van der Waals surface area contributed by atoms with Crippen LogP contribution in [0.2, 0.25) is 0 Å². The van der Waals surface area contributed by atoms with Crippen LogP contribution in [0.3, 0.4) is 0 Å². The summed E-state index contributed by atoms with van der Waals surface area (Å²) in [5, 5.41) is 0. The second-order valence-electron chi connectivity index (χ2n) is 5.19. The molecule has 1 aliphatic rings. The van der Waals surface area contributed by atoms with Crippen molar-refractivity contribution >= 4 is 5.57 Å². The van der Waals surface area contributed by atoms with Crippen LogP contribution in [0, 0.1) is 17.0 Å². The molecule has 0 amide bonds. The average Bonchev–Trinajstić information content (AvgIpc) is 2.20. The van der Waals surface area contributed by atoms with Gasteiger partial charge >= 0.3 is 0 Å². The summed E-state index contributed by atoms with van der Waals surface area (Å²) in [6, 6.07) is 4.04. The topological polar surface area (TPSA) is 0 Å². The first-order valence-electron chi connectivity index (χ1n) is 5.63. The zero-order chi connectivity index (χ0) is 11.8. The van der Waals surface area contributed by atoms with Gasteiger partial charge in [-0.25, -0.2) is 8.78 Å². The molecule has 0 aliphatic heterocycles. The Morgan fingerprint density at radius 2 is 1.75 bits per heavy atom. The van der Waals surface area contributed by atoms with Crippen LogP contribution in [0.25, 0.3) is 5.57 Å². The van der Waals surface area contributed by atoms with Crippen molar-refractivity contribution in [3.8, 4) is 0 Å². The van der Waals surface area contributed by atoms with Crippen LogP contribution in [-0.2, 0) is 0 Å². The van der Waals surface area contributed by atoms with E-state index >= 15 is 0 Å². The Morgan fingerprint density at radius 3 is 2.25 bits per heavy atom. The van der Waals surface area contributed by atoms with E-state index in [4.69, 9.17) is 0 Å². The predicted molar refractivity (Wildman–Crippen MR) is 62.0 cm³/mol. The number of allylic oxidation sites excluding steroid dienone is 2. The molecule has 86 valence electrons. The van der Waals surface area contributed by atoms with Gasteiger partial charge in [-0.2, -0.15) is 0 Å². The third-order valence-corrected chi connectivity index (χ3v) is 3.26. The molecule has 0 nitrogen and oxygen atoms in total. The standard InChI is InChI=1S/C14H16F2/c1-14(2)8-6-10(7-9-14)13-11(15)4-3-5-12(13)16/h3-6H,7-9H2,1-2H3. The summed E-state index contributed by atoms with van der Waals surface area (Å²) in [7, 11) is 0. The normalized spacial score (nSPS) is 19.4. The molecule has 1 aromatic rings. The zero-order valence-electron chi connectivity index (χ0n) is 9.69. The minimum absolute atomic E-state index is 0.165. The summed E-state index contributed by atoms with van der Waals surface area (Å²) in [6.07, 6.45) is 4.60. The van der Waals surface area contributed by atoms with Crippen LogP contribution in [0.15, 0.2) is 24.3 Å². The lowest BCUT2D eigenvalue weighted by atomic mass is 9.77. The molecule has 0 N–H and O–H groups in total. The van der Waals surface area contributed by atoms with Crippen molar-refractivity contribution in [2.75, 3.05) is 0 Å². The molecule has 1 aromatic carbocycles. The van der Waals surface area contributed by atoms with E-state index in [1.807, 2.05) is 6.08 Å². The molecule has 0 saturated carbocycles. The molecular weight excluding hydrogens is 206 g/mol. The molecule has 0 aromatic heterocycles. The fourth-order valence-corrected chi connectivity index (χ4v) is 2.11. The van der Waals surface area contributed by atoms with Crippen molar-refractivity contribution in [1.29, 1.82) is 0 Å². The van der Waals surface area contributed by atoms with Gasteiger partial charge in [0, 0.05) is 5.56 Å². The molecule has 0 heterocycles. The number of benzene rings is 1. The lowest BCUT2D eigenvalue weighted by Crippen LogP contribution is -2.14. The molecule has 0 unspecified atom stereocenters. The smallest absolute Gasteiger partial charge is 0.133 e. The lowest BCUT2D eigenvalue weighted by molar-refractivity contribution is 0.334. The molecule has 16 heavy (non-hydrogen) atoms. The monoisotopic (exact) mass is 222 g/mol. The van der Waals surface area contributed by atoms with E-state index in [0.717, 1.165) is 24.8 Å². The average molecular weight is 222 g/mol. The van der Waals surface area contributed by atoms with Gasteiger partial charge in [-0.3, -0.25) is 0 Å². The van der Waals surface area contributed by atoms with Crippen molar-refractivity contribution in [1.82, 2.24) is 0 Å². The molecule has 0 radical (unpaired) electrons. The fourth-order valence-electron chi connectivity index (χ4n) is 2.11. The van der Waals surface area contributed by atoms with Gasteiger partial charge in [-0.05, 0) is 42.4 Å². The van der Waals surface area contributed by atoms with E-state index < -0.39 is 11.6 Å². The van der Waals surface area contributed by atoms with E-state index in [9.17, 15) is 8.78 Å². The third kappa shape index (κ3) is 2.16. The van der Waals surface area contributed by atoms with Gasteiger partial charge in [0.1, 0.15) is 11.6 Å². The second kappa shape index (κ2) is 4.00. The van der Waals surface area contributed by atoms with Gasteiger partial charge in [0.15, 0.2) is 0 Å². The van der Waals surface area contributed by atoms with Crippen LogP contribution < -0.4 is 0 Å². The van der Waals surface area contributed by atoms with Crippen LogP contribution in [0.4, 0.5) is 8.78 Å². The maximum absolute atomic E-state index is 13.5. The summed E-state index contributed by atoms with van der Waals surface area (Å²) in [4.78, 5) is 0. The maximum Gasteiger partial charge on any atom is 0.133 e. The van der Waals surface area contributed by atoms with Crippen LogP contribution in [0.1, 0.15) is 38.7 Å². The van der Waals surface area contributed by atoms with E-state index in [1.165, 1.54) is 18.2 Å². The summed E-state index contributed by atoms with van der Waals surface area (Å²) in [5.41, 5.74) is 1.23. The van der Waals surface area contributed by atoms with Crippen molar-refractivity contribution in [2.24, 2.45) is 5.41 Å². The van der Waals surface area contributed by atoms with Crippen molar-refractivity contribution in [3.05, 3.63) is 41.5 Å². The fraction of sp³-hybridized carbons (Fsp3) is 0.429.